The highest BCUT2D eigenvalue weighted by Crippen LogP contribution is 2.41. The van der Waals surface area contributed by atoms with E-state index in [1.807, 2.05) is 17.6 Å². The fraction of sp³-hybridized carbons (Fsp3) is 0.455. The van der Waals surface area contributed by atoms with Gasteiger partial charge in [0.15, 0.2) is 0 Å². The van der Waals surface area contributed by atoms with Crippen LogP contribution >= 0.6 is 11.3 Å². The largest absolute Gasteiger partial charge is 0.464 e. The fourth-order valence-corrected chi connectivity index (χ4v) is 7.22. The Bertz CT molecular complexity index is 1670. The number of hydrazine groups is 1. The minimum absolute atomic E-state index is 0.239. The molecular formula is C33H40N6O3S. The van der Waals surface area contributed by atoms with Crippen molar-refractivity contribution in [2.24, 2.45) is 11.1 Å². The number of nitrogens with two attached hydrogens (primary N) is 1. The topological polar surface area (TPSA) is 115 Å². The Hall–Kier alpha value is -3.60. The third-order valence-corrected chi connectivity index (χ3v) is 9.39. The maximum Gasteiger partial charge on any atom is 0.324 e. The van der Waals surface area contributed by atoms with Gasteiger partial charge >= 0.3 is 5.97 Å². The molecule has 3 aromatic heterocycles. The van der Waals surface area contributed by atoms with Crippen molar-refractivity contribution in [2.75, 3.05) is 13.2 Å². The Morgan fingerprint density at radius 3 is 2.84 bits per heavy atom. The number of thiazole rings is 1. The van der Waals surface area contributed by atoms with Crippen molar-refractivity contribution < 1.29 is 14.3 Å². The Labute approximate surface area is 256 Å². The molecular weight excluding hydrogens is 560 g/mol. The number of ether oxygens (including phenoxy) is 1. The van der Waals surface area contributed by atoms with E-state index in [2.05, 4.69) is 62.0 Å². The van der Waals surface area contributed by atoms with Crippen LogP contribution in [0.5, 0.6) is 0 Å². The molecule has 5 heterocycles. The van der Waals surface area contributed by atoms with E-state index in [1.54, 1.807) is 0 Å². The smallest absolute Gasteiger partial charge is 0.324 e. The molecule has 9 nitrogen and oxygen atoms in total. The maximum atomic E-state index is 13.3. The number of hydrogen-bond acceptors (Lipinski definition) is 8. The van der Waals surface area contributed by atoms with E-state index in [9.17, 15) is 9.59 Å². The first-order valence-electron chi connectivity index (χ1n) is 15.2. The zero-order valence-corrected chi connectivity index (χ0v) is 26.2. The number of nitrogens with zero attached hydrogens (tertiary/aromatic N) is 4. The lowest BCUT2D eigenvalue weighted by molar-refractivity contribution is -0.154. The second-order valence-electron chi connectivity index (χ2n) is 12.4. The van der Waals surface area contributed by atoms with Gasteiger partial charge in [-0.3, -0.25) is 19.6 Å². The van der Waals surface area contributed by atoms with Crippen molar-refractivity contribution in [1.29, 1.82) is 0 Å². The lowest BCUT2D eigenvalue weighted by atomic mass is 9.84. The molecule has 1 aromatic carbocycles. The third-order valence-electron chi connectivity index (χ3n) is 8.52. The summed E-state index contributed by atoms with van der Waals surface area (Å²) >= 11 is 1.52. The molecule has 1 fully saturated rings. The number of cyclic esters (lactones) is 1. The van der Waals surface area contributed by atoms with E-state index >= 15 is 0 Å². The third kappa shape index (κ3) is 5.71. The van der Waals surface area contributed by atoms with E-state index in [4.69, 9.17) is 20.4 Å². The monoisotopic (exact) mass is 600 g/mol. The van der Waals surface area contributed by atoms with Gasteiger partial charge in [-0.15, -0.1) is 11.3 Å². The predicted octanol–water partition coefficient (Wildman–Crippen LogP) is 4.90. The molecule has 1 saturated heterocycles. The number of fused-ring (bicyclic) bond motifs is 6. The molecule has 1 amide bonds. The van der Waals surface area contributed by atoms with Crippen molar-refractivity contribution in [3.63, 3.8) is 0 Å². The molecule has 10 heteroatoms. The molecule has 0 unspecified atom stereocenters. The van der Waals surface area contributed by atoms with Crippen molar-refractivity contribution in [3.8, 4) is 22.5 Å². The first kappa shape index (κ1) is 29.5. The molecule has 6 bridgehead atoms. The van der Waals surface area contributed by atoms with Gasteiger partial charge in [0.05, 0.1) is 29.0 Å². The Balaban J connectivity index is 1.52. The summed E-state index contributed by atoms with van der Waals surface area (Å²) in [5, 5.41) is 5.50. The molecule has 226 valence electrons. The van der Waals surface area contributed by atoms with Crippen LogP contribution in [-0.4, -0.2) is 56.7 Å². The molecule has 0 saturated carbocycles. The highest BCUT2D eigenvalue weighted by atomic mass is 32.1. The van der Waals surface area contributed by atoms with Gasteiger partial charge in [-0.25, -0.2) is 10.4 Å². The van der Waals surface area contributed by atoms with Crippen LogP contribution in [0.1, 0.15) is 56.8 Å². The first-order chi connectivity index (χ1) is 20.7. The molecule has 2 atom stereocenters. The molecule has 4 aromatic rings. The molecule has 3 N–H and O–H groups in total. The SMILES string of the molecule is CCc1ncccc1-c1c2c3cc(ccc3n1CC)-c1csc(n1)C[C@H](N)C(=O)N1CCC[C@H](N1)C(=O)OCC(C)(C)C2. The quantitative estimate of drug-likeness (QED) is 0.322. The van der Waals surface area contributed by atoms with E-state index in [1.165, 1.54) is 27.6 Å². The van der Waals surface area contributed by atoms with Crippen LogP contribution in [-0.2, 0) is 40.1 Å². The van der Waals surface area contributed by atoms with Gasteiger partial charge in [0.1, 0.15) is 6.04 Å². The predicted molar refractivity (Wildman–Crippen MR) is 169 cm³/mol. The highest BCUT2D eigenvalue weighted by Gasteiger charge is 2.34. The second kappa shape index (κ2) is 11.8. The van der Waals surface area contributed by atoms with Crippen LogP contribution in [0.25, 0.3) is 33.4 Å². The number of aryl methyl sites for hydroxylation is 2. The Morgan fingerprint density at radius 2 is 2.05 bits per heavy atom. The normalized spacial score (nSPS) is 21.1. The van der Waals surface area contributed by atoms with E-state index in [0.717, 1.165) is 51.4 Å². The number of hydrogen-bond donors (Lipinski definition) is 2. The van der Waals surface area contributed by atoms with Crippen molar-refractivity contribution in [1.82, 2.24) is 25.0 Å². The van der Waals surface area contributed by atoms with Crippen LogP contribution in [0.3, 0.4) is 0 Å². The number of carbonyl (C=O) groups excluding carboxylic acids is 2. The van der Waals surface area contributed by atoms with Crippen LogP contribution in [0.4, 0.5) is 0 Å². The zero-order chi connectivity index (χ0) is 30.3. The second-order valence-corrected chi connectivity index (χ2v) is 13.3. The Morgan fingerprint density at radius 1 is 1.21 bits per heavy atom. The molecule has 0 radical (unpaired) electrons. The van der Waals surface area contributed by atoms with Crippen LogP contribution in [0.15, 0.2) is 41.9 Å². The van der Waals surface area contributed by atoms with Crippen molar-refractivity contribution in [2.45, 2.75) is 78.4 Å². The molecule has 6 rings (SSSR count). The summed E-state index contributed by atoms with van der Waals surface area (Å²) < 4.78 is 8.33. The van der Waals surface area contributed by atoms with Gasteiger partial charge in [-0.2, -0.15) is 0 Å². The zero-order valence-electron chi connectivity index (χ0n) is 25.4. The van der Waals surface area contributed by atoms with E-state index in [-0.39, 0.29) is 23.9 Å². The summed E-state index contributed by atoms with van der Waals surface area (Å²) in [6.45, 7) is 10.1. The van der Waals surface area contributed by atoms with Crippen LogP contribution < -0.4 is 11.2 Å². The molecule has 43 heavy (non-hydrogen) atoms. The number of amides is 1. The van der Waals surface area contributed by atoms with Gasteiger partial charge in [-0.1, -0.05) is 26.8 Å². The lowest BCUT2D eigenvalue weighted by Crippen LogP contribution is -2.59. The van der Waals surface area contributed by atoms with E-state index < -0.39 is 12.1 Å². The van der Waals surface area contributed by atoms with Gasteiger partial charge in [0.2, 0.25) is 0 Å². The number of aromatic nitrogens is 3. The number of rotatable bonds is 3. The van der Waals surface area contributed by atoms with Crippen LogP contribution in [0.2, 0.25) is 0 Å². The van der Waals surface area contributed by atoms with Gasteiger partial charge in [0, 0.05) is 64.2 Å². The van der Waals surface area contributed by atoms with Crippen molar-refractivity contribution in [3.05, 3.63) is 58.2 Å². The number of esters is 1. The number of carbonyl (C=O) groups is 2. The van der Waals surface area contributed by atoms with Crippen LogP contribution in [0, 0.1) is 5.41 Å². The lowest BCUT2D eigenvalue weighted by Gasteiger charge is -2.34. The maximum absolute atomic E-state index is 13.3. The molecule has 0 spiro atoms. The summed E-state index contributed by atoms with van der Waals surface area (Å²) in [6.07, 6.45) is 5.01. The van der Waals surface area contributed by atoms with Crippen molar-refractivity contribution >= 4 is 34.1 Å². The molecule has 0 aliphatic carbocycles. The Kier molecular flexibility index (Phi) is 8.10. The number of benzene rings is 1. The van der Waals surface area contributed by atoms with E-state index in [0.29, 0.717) is 32.2 Å². The minimum Gasteiger partial charge on any atom is -0.464 e. The summed E-state index contributed by atoms with van der Waals surface area (Å²) in [5.74, 6) is -0.583. The highest BCUT2D eigenvalue weighted by molar-refractivity contribution is 7.10. The minimum atomic E-state index is -0.762. The average molecular weight is 601 g/mol. The first-order valence-corrected chi connectivity index (χ1v) is 16.1. The summed E-state index contributed by atoms with van der Waals surface area (Å²) in [5.41, 5.74) is 16.7. The number of pyridine rings is 1. The summed E-state index contributed by atoms with van der Waals surface area (Å²) in [7, 11) is 0. The van der Waals surface area contributed by atoms with Gasteiger partial charge in [0.25, 0.3) is 5.91 Å². The fourth-order valence-electron chi connectivity index (χ4n) is 6.36. The molecule has 2 aliphatic rings. The molecule has 2 aliphatic heterocycles. The standard InChI is InChI=1S/C33H40N6O3S/c1-5-25-21(9-7-13-35-25)30-23-17-33(3,4)19-42-32(41)26-10-8-14-39(37-26)31(40)24(34)16-29-36-27(18-43-29)20-11-12-28(22(23)15-20)38(30)6-2/h7,9,11-13,15,18,24,26,37H,5-6,8,10,14,16-17,19,34H2,1-4H3/t24-,26-/m0/s1. The number of nitrogens with one attached hydrogen (secondary N) is 1. The summed E-state index contributed by atoms with van der Waals surface area (Å²) in [6, 6.07) is 9.36. The summed E-state index contributed by atoms with van der Waals surface area (Å²) in [4.78, 5) is 36.1. The average Bonchev–Trinajstić information content (AvgIpc) is 3.60. The van der Waals surface area contributed by atoms with Gasteiger partial charge in [-0.05, 0) is 62.4 Å². The van der Waals surface area contributed by atoms with Gasteiger partial charge < -0.3 is 15.0 Å².